The molecule has 4 aromatic rings. The Labute approximate surface area is 203 Å². The Balaban J connectivity index is 1.46. The Morgan fingerprint density at radius 1 is 0.882 bits per heavy atom. The van der Waals surface area contributed by atoms with E-state index in [1.165, 1.54) is 4.90 Å². The number of amides is 2. The fourth-order valence-electron chi connectivity index (χ4n) is 4.16. The van der Waals surface area contributed by atoms with Gasteiger partial charge in [-0.1, -0.05) is 80.1 Å². The number of ether oxygens (including phenoxy) is 1. The van der Waals surface area contributed by atoms with Gasteiger partial charge in [0.2, 0.25) is 0 Å². The topological polar surface area (TPSA) is 46.6 Å². The van der Waals surface area contributed by atoms with Gasteiger partial charge in [-0.3, -0.25) is 14.5 Å². The van der Waals surface area contributed by atoms with Crippen LogP contribution in [0.3, 0.4) is 0 Å². The maximum absolute atomic E-state index is 13.3. The van der Waals surface area contributed by atoms with Gasteiger partial charge in [0.1, 0.15) is 5.75 Å². The Hall–Kier alpha value is -3.57. The standard InChI is InChI=1S/C29H25NO3S/c1-2-3-16-33-26-15-14-22-9-6-7-11-24(22)25(26)18-27-28(31)30(29(32)34-27)19-20-12-13-21-8-4-5-10-23(21)17-20/h4-15,17-18H,2-3,16,19H2,1H3. The first-order valence-corrected chi connectivity index (χ1v) is 12.3. The van der Waals surface area contributed by atoms with Gasteiger partial charge in [0.05, 0.1) is 18.1 Å². The first-order valence-electron chi connectivity index (χ1n) is 11.5. The van der Waals surface area contributed by atoms with Crippen LogP contribution in [0.4, 0.5) is 4.79 Å². The first-order chi connectivity index (χ1) is 16.6. The van der Waals surface area contributed by atoms with Crippen molar-refractivity contribution < 1.29 is 14.3 Å². The molecule has 1 heterocycles. The van der Waals surface area contributed by atoms with Gasteiger partial charge in [-0.15, -0.1) is 0 Å². The fraction of sp³-hybridized carbons (Fsp3) is 0.172. The second-order valence-corrected chi connectivity index (χ2v) is 9.34. The van der Waals surface area contributed by atoms with E-state index in [9.17, 15) is 9.59 Å². The molecule has 1 aliphatic rings. The Morgan fingerprint density at radius 2 is 1.62 bits per heavy atom. The largest absolute Gasteiger partial charge is 0.493 e. The van der Waals surface area contributed by atoms with Crippen molar-refractivity contribution in [3.05, 3.63) is 94.9 Å². The average molecular weight is 468 g/mol. The molecular formula is C29H25NO3S. The summed E-state index contributed by atoms with van der Waals surface area (Å²) in [5, 5.41) is 4.03. The van der Waals surface area contributed by atoms with Crippen LogP contribution in [0, 0.1) is 0 Å². The molecule has 0 unspecified atom stereocenters. The molecule has 0 saturated carbocycles. The Morgan fingerprint density at radius 3 is 2.44 bits per heavy atom. The van der Waals surface area contributed by atoms with Gasteiger partial charge < -0.3 is 4.74 Å². The van der Waals surface area contributed by atoms with Crippen molar-refractivity contribution in [3.63, 3.8) is 0 Å². The van der Waals surface area contributed by atoms with E-state index in [1.807, 2.05) is 84.9 Å². The molecule has 0 aromatic heterocycles. The minimum Gasteiger partial charge on any atom is -0.493 e. The molecule has 5 rings (SSSR count). The van der Waals surface area contributed by atoms with E-state index < -0.39 is 0 Å². The van der Waals surface area contributed by atoms with E-state index in [1.54, 1.807) is 0 Å². The summed E-state index contributed by atoms with van der Waals surface area (Å²) in [4.78, 5) is 27.8. The molecule has 34 heavy (non-hydrogen) atoms. The van der Waals surface area contributed by atoms with Crippen LogP contribution in [-0.4, -0.2) is 22.7 Å². The van der Waals surface area contributed by atoms with Crippen molar-refractivity contribution in [2.45, 2.75) is 26.3 Å². The number of carbonyl (C=O) groups excluding carboxylic acids is 2. The zero-order chi connectivity index (χ0) is 23.5. The van der Waals surface area contributed by atoms with Crippen molar-refractivity contribution >= 4 is 50.5 Å². The molecule has 170 valence electrons. The molecule has 1 fully saturated rings. The van der Waals surface area contributed by atoms with Crippen molar-refractivity contribution in [1.82, 2.24) is 4.90 Å². The maximum atomic E-state index is 13.3. The predicted molar refractivity (Wildman–Crippen MR) is 140 cm³/mol. The highest BCUT2D eigenvalue weighted by atomic mass is 32.2. The summed E-state index contributed by atoms with van der Waals surface area (Å²) in [6.45, 7) is 2.98. The molecule has 5 heteroatoms. The fourth-order valence-corrected chi connectivity index (χ4v) is 4.98. The van der Waals surface area contributed by atoms with Gasteiger partial charge >= 0.3 is 0 Å². The van der Waals surface area contributed by atoms with Crippen molar-refractivity contribution in [2.75, 3.05) is 6.61 Å². The molecule has 0 N–H and O–H groups in total. The highest BCUT2D eigenvalue weighted by molar-refractivity contribution is 8.18. The van der Waals surface area contributed by atoms with Gasteiger partial charge in [0, 0.05) is 5.56 Å². The summed E-state index contributed by atoms with van der Waals surface area (Å²) in [7, 11) is 0. The third-order valence-electron chi connectivity index (χ3n) is 5.99. The summed E-state index contributed by atoms with van der Waals surface area (Å²) in [6, 6.07) is 26.1. The zero-order valence-electron chi connectivity index (χ0n) is 19.0. The van der Waals surface area contributed by atoms with Gasteiger partial charge in [0.25, 0.3) is 11.1 Å². The van der Waals surface area contributed by atoms with Crippen LogP contribution in [0.25, 0.3) is 27.6 Å². The second-order valence-electron chi connectivity index (χ2n) is 8.35. The molecule has 2 amide bonds. The van der Waals surface area contributed by atoms with E-state index in [0.717, 1.165) is 63.0 Å². The SMILES string of the molecule is CCCCOc1ccc2ccccc2c1C=C1SC(=O)N(Cc2ccc3ccccc3c2)C1=O. The number of imide groups is 1. The summed E-state index contributed by atoms with van der Waals surface area (Å²) in [5.74, 6) is 0.462. The number of nitrogens with zero attached hydrogens (tertiary/aromatic N) is 1. The molecule has 0 spiro atoms. The lowest BCUT2D eigenvalue weighted by Crippen LogP contribution is -2.27. The zero-order valence-corrected chi connectivity index (χ0v) is 19.8. The molecular weight excluding hydrogens is 442 g/mol. The quantitative estimate of drug-likeness (QED) is 0.210. The van der Waals surface area contributed by atoms with Crippen LogP contribution >= 0.6 is 11.8 Å². The molecule has 0 radical (unpaired) electrons. The third kappa shape index (κ3) is 4.44. The Bertz CT molecular complexity index is 1430. The van der Waals surface area contributed by atoms with E-state index >= 15 is 0 Å². The van der Waals surface area contributed by atoms with Crippen molar-refractivity contribution in [2.24, 2.45) is 0 Å². The summed E-state index contributed by atoms with van der Waals surface area (Å²) in [5.41, 5.74) is 1.77. The van der Waals surface area contributed by atoms with Crippen LogP contribution in [-0.2, 0) is 11.3 Å². The first kappa shape index (κ1) is 22.2. The number of hydrogen-bond acceptors (Lipinski definition) is 4. The van der Waals surface area contributed by atoms with Crippen LogP contribution in [0.5, 0.6) is 5.75 Å². The number of thioether (sulfide) groups is 1. The molecule has 4 nitrogen and oxygen atoms in total. The normalized spacial score (nSPS) is 15.1. The summed E-state index contributed by atoms with van der Waals surface area (Å²) < 4.78 is 6.06. The number of rotatable bonds is 7. The van der Waals surface area contributed by atoms with E-state index in [-0.39, 0.29) is 17.7 Å². The minimum atomic E-state index is -0.268. The molecule has 0 atom stereocenters. The predicted octanol–water partition coefficient (Wildman–Crippen LogP) is 7.41. The lowest BCUT2D eigenvalue weighted by atomic mass is 10.0. The van der Waals surface area contributed by atoms with Gasteiger partial charge in [-0.05, 0) is 63.5 Å². The van der Waals surface area contributed by atoms with Crippen LogP contribution in [0.1, 0.15) is 30.9 Å². The highest BCUT2D eigenvalue weighted by Crippen LogP contribution is 2.37. The Kier molecular flexibility index (Phi) is 6.37. The van der Waals surface area contributed by atoms with E-state index in [0.29, 0.717) is 11.5 Å². The monoisotopic (exact) mass is 467 g/mol. The van der Waals surface area contributed by atoms with Gasteiger partial charge in [-0.25, -0.2) is 0 Å². The van der Waals surface area contributed by atoms with Crippen molar-refractivity contribution in [1.29, 1.82) is 0 Å². The van der Waals surface area contributed by atoms with E-state index in [4.69, 9.17) is 4.74 Å². The lowest BCUT2D eigenvalue weighted by molar-refractivity contribution is -0.123. The van der Waals surface area contributed by atoms with Crippen LogP contribution in [0.2, 0.25) is 0 Å². The lowest BCUT2D eigenvalue weighted by Gasteiger charge is -2.14. The smallest absolute Gasteiger partial charge is 0.293 e. The second kappa shape index (κ2) is 9.74. The minimum absolute atomic E-state index is 0.252. The summed E-state index contributed by atoms with van der Waals surface area (Å²) >= 11 is 0.988. The van der Waals surface area contributed by atoms with Crippen molar-refractivity contribution in [3.8, 4) is 5.75 Å². The number of carbonyl (C=O) groups is 2. The molecule has 0 bridgehead atoms. The average Bonchev–Trinajstić information content (AvgIpc) is 3.12. The summed E-state index contributed by atoms with van der Waals surface area (Å²) in [6.07, 6.45) is 3.81. The van der Waals surface area contributed by atoms with E-state index in [2.05, 4.69) is 6.92 Å². The molecule has 1 saturated heterocycles. The van der Waals surface area contributed by atoms with Crippen LogP contribution < -0.4 is 4.74 Å². The number of hydrogen-bond donors (Lipinski definition) is 0. The number of unbranched alkanes of at least 4 members (excludes halogenated alkanes) is 1. The molecule has 0 aliphatic carbocycles. The van der Waals surface area contributed by atoms with Crippen LogP contribution in [0.15, 0.2) is 83.8 Å². The number of benzene rings is 4. The highest BCUT2D eigenvalue weighted by Gasteiger charge is 2.35. The third-order valence-corrected chi connectivity index (χ3v) is 6.90. The van der Waals surface area contributed by atoms with Gasteiger partial charge in [0.15, 0.2) is 0 Å². The molecule has 1 aliphatic heterocycles. The maximum Gasteiger partial charge on any atom is 0.293 e. The number of fused-ring (bicyclic) bond motifs is 2. The van der Waals surface area contributed by atoms with Gasteiger partial charge in [-0.2, -0.15) is 0 Å². The molecule has 4 aromatic carbocycles.